The van der Waals surface area contributed by atoms with Crippen molar-refractivity contribution in [3.8, 4) is 0 Å². The molecule has 1 amide bonds. The molecule has 15 atom stereocenters. The molecule has 3 heterocycles. The van der Waals surface area contributed by atoms with Gasteiger partial charge in [-0.05, 0) is 124 Å². The molecule has 0 aromatic rings. The number of allylic oxidation sites excluding steroid dienone is 6. The van der Waals surface area contributed by atoms with E-state index in [2.05, 4.69) is 33.4 Å². The average molecular weight is 910 g/mol. The Morgan fingerprint density at radius 2 is 1.55 bits per heavy atom. The molecule has 12 heteroatoms. The van der Waals surface area contributed by atoms with Crippen LogP contribution in [0.1, 0.15) is 132 Å². The number of aliphatic hydroxyl groups excluding tert-OH is 2. The zero-order valence-electron chi connectivity index (χ0n) is 41.2. The Kier molecular flexibility index (Phi) is 21.2. The molecule has 3 N–H and O–H groups in total. The Morgan fingerprint density at radius 3 is 2.23 bits per heavy atom. The molecular weight excluding hydrogens is 827 g/mol. The van der Waals surface area contributed by atoms with Gasteiger partial charge in [-0.15, -0.1) is 0 Å². The lowest BCUT2D eigenvalue weighted by atomic mass is 9.74. The van der Waals surface area contributed by atoms with Crippen molar-refractivity contribution in [3.05, 3.63) is 59.8 Å². The number of rotatable bonds is 6. The quantitative estimate of drug-likeness (QED) is 0.176. The second-order valence-electron chi connectivity index (χ2n) is 20.2. The molecule has 12 nitrogen and oxygen atoms in total. The lowest BCUT2D eigenvalue weighted by Crippen LogP contribution is -2.60. The number of amides is 1. The van der Waals surface area contributed by atoms with Gasteiger partial charge in [-0.1, -0.05) is 77.7 Å². The number of carbonyl (C=O) groups is 4. The highest BCUT2D eigenvalue weighted by molar-refractivity contribution is 6.39. The summed E-state index contributed by atoms with van der Waals surface area (Å²) in [5.41, 5.74) is 2.28. The van der Waals surface area contributed by atoms with E-state index in [1.165, 1.54) is 4.90 Å². The summed E-state index contributed by atoms with van der Waals surface area (Å²) in [7, 11) is 4.77. The number of hydrogen-bond donors (Lipinski definition) is 3. The Morgan fingerprint density at radius 1 is 0.846 bits per heavy atom. The van der Waals surface area contributed by atoms with Gasteiger partial charge in [0.05, 0.1) is 30.5 Å². The maximum atomic E-state index is 14.6. The molecule has 366 valence electrons. The second kappa shape index (κ2) is 25.3. The second-order valence-corrected chi connectivity index (χ2v) is 20.2. The van der Waals surface area contributed by atoms with Crippen LogP contribution in [-0.4, -0.2) is 120 Å². The van der Waals surface area contributed by atoms with E-state index in [1.807, 2.05) is 31.2 Å². The number of aliphatic hydroxyl groups is 3. The van der Waals surface area contributed by atoms with Gasteiger partial charge in [0.15, 0.2) is 5.78 Å². The summed E-state index contributed by atoms with van der Waals surface area (Å²) in [6, 6.07) is -0.894. The van der Waals surface area contributed by atoms with E-state index < -0.39 is 59.8 Å². The first-order valence-corrected chi connectivity index (χ1v) is 24.4. The summed E-state index contributed by atoms with van der Waals surface area (Å²) in [5.74, 6) is -5.95. The molecule has 0 spiro atoms. The number of carbonyl (C=O) groups excluding carboxylic acids is 4. The van der Waals surface area contributed by atoms with E-state index in [4.69, 9.17) is 18.9 Å². The zero-order chi connectivity index (χ0) is 48.2. The molecule has 3 fully saturated rings. The number of Topliss-reactive ketones (excluding diaryl/α,β-unsaturated/α-hetero) is 3. The molecular formula is C53H83NO11. The van der Waals surface area contributed by atoms with E-state index in [1.54, 1.807) is 48.2 Å². The molecule has 0 radical (unpaired) electrons. The molecule has 0 unspecified atom stereocenters. The maximum Gasteiger partial charge on any atom is 0.296 e. The van der Waals surface area contributed by atoms with Crippen LogP contribution < -0.4 is 0 Å². The highest BCUT2D eigenvalue weighted by atomic mass is 16.6. The Balaban J connectivity index is 1.70. The average Bonchev–Trinajstić information content (AvgIpc) is 3.28. The Bertz CT molecular complexity index is 1750. The van der Waals surface area contributed by atoms with Crippen LogP contribution in [0.2, 0.25) is 0 Å². The minimum Gasteiger partial charge on any atom is -0.390 e. The van der Waals surface area contributed by atoms with Crippen LogP contribution in [0.25, 0.3) is 0 Å². The summed E-state index contributed by atoms with van der Waals surface area (Å²) in [6.45, 7) is 18.1. The van der Waals surface area contributed by atoms with Crippen LogP contribution in [0, 0.1) is 41.4 Å². The minimum atomic E-state index is -2.37. The third kappa shape index (κ3) is 14.5. The first-order chi connectivity index (χ1) is 30.7. The molecule has 1 aliphatic carbocycles. The van der Waals surface area contributed by atoms with Crippen molar-refractivity contribution in [1.29, 1.82) is 0 Å². The third-order valence-electron chi connectivity index (χ3n) is 15.2. The van der Waals surface area contributed by atoms with E-state index in [0.717, 1.165) is 30.4 Å². The number of ether oxygens (including phenoxy) is 4. The van der Waals surface area contributed by atoms with E-state index in [-0.39, 0.29) is 72.8 Å². The largest absolute Gasteiger partial charge is 0.390 e. The first-order valence-electron chi connectivity index (χ1n) is 24.4. The van der Waals surface area contributed by atoms with Gasteiger partial charge in [0, 0.05) is 59.0 Å². The van der Waals surface area contributed by atoms with Crippen LogP contribution in [0.15, 0.2) is 59.8 Å². The van der Waals surface area contributed by atoms with Crippen LogP contribution in [0.5, 0.6) is 0 Å². The van der Waals surface area contributed by atoms with Gasteiger partial charge in [0.1, 0.15) is 18.0 Å². The van der Waals surface area contributed by atoms with Crippen molar-refractivity contribution in [2.75, 3.05) is 27.9 Å². The summed E-state index contributed by atoms with van der Waals surface area (Å²) in [5, 5.41) is 34.1. The molecule has 1 saturated carbocycles. The van der Waals surface area contributed by atoms with E-state index in [9.17, 15) is 34.5 Å². The Hall–Kier alpha value is -3.10. The normalized spacial score (nSPS) is 40.5. The van der Waals surface area contributed by atoms with Gasteiger partial charge in [-0.25, -0.2) is 0 Å². The highest BCUT2D eigenvalue weighted by Gasteiger charge is 2.53. The molecule has 2 bridgehead atoms. The van der Waals surface area contributed by atoms with Gasteiger partial charge < -0.3 is 39.2 Å². The van der Waals surface area contributed by atoms with Gasteiger partial charge in [-0.3, -0.25) is 19.2 Å². The number of ketones is 3. The molecule has 4 aliphatic rings. The van der Waals surface area contributed by atoms with Crippen molar-refractivity contribution >= 4 is 23.3 Å². The molecule has 0 aromatic carbocycles. The maximum absolute atomic E-state index is 14.6. The van der Waals surface area contributed by atoms with Crippen LogP contribution >= 0.6 is 0 Å². The fourth-order valence-electron chi connectivity index (χ4n) is 10.7. The van der Waals surface area contributed by atoms with Gasteiger partial charge in [0.25, 0.3) is 11.7 Å². The van der Waals surface area contributed by atoms with Crippen LogP contribution in [0.4, 0.5) is 0 Å². The number of methoxy groups -OCH3 is 3. The SMILES string of the molecule is C=C1[C@H](C)C[C@H](C)/C=C/C=C/C=C(\C)[C@@H](OC)C[C@@H]2CC[C@@H](C)[C@@](O)(O2)C(=O)C(=O)N2CCCC[C@H]2C(=O)C[C@H]([C@H](C)C[C@@H]2CC[C@@H](O)[C@H](OC)C2)CC(=O)[C@H](C)/C=C(\C)[C@@H](O)[C@H]1OC. The lowest BCUT2D eigenvalue weighted by molar-refractivity contribution is -0.265. The predicted molar refractivity (Wildman–Crippen MR) is 253 cm³/mol. The molecule has 4 rings (SSSR count). The topological polar surface area (TPSA) is 169 Å². The highest BCUT2D eigenvalue weighted by Crippen LogP contribution is 2.39. The molecule has 0 aromatic heterocycles. The smallest absolute Gasteiger partial charge is 0.296 e. The summed E-state index contributed by atoms with van der Waals surface area (Å²) in [6.07, 6.45) is 15.0. The number of hydrogen-bond acceptors (Lipinski definition) is 11. The van der Waals surface area contributed by atoms with E-state index >= 15 is 0 Å². The van der Waals surface area contributed by atoms with Gasteiger partial charge in [-0.2, -0.15) is 0 Å². The van der Waals surface area contributed by atoms with Crippen molar-refractivity contribution in [3.63, 3.8) is 0 Å². The molecule has 3 aliphatic heterocycles. The minimum absolute atomic E-state index is 0.0189. The summed E-state index contributed by atoms with van der Waals surface area (Å²) in [4.78, 5) is 58.7. The standard InChI is InChI=1S/C53H83NO11/c1-32-17-13-12-14-18-33(2)47(62-9)31-42-22-20-38(7)53(61,65-42)51(59)52(60)54-24-16-15-19-43(54)46(57)30-41(35(4)27-40-21-23-44(55)48(28-40)63-10)29-45(56)36(5)26-37(6)49(58)50(64-11)39(8)34(3)25-32/h12-14,17-18,26,32,34-36,38,40-44,47-50,55,58,61H,8,15-16,19-25,27-31H2,1-7,9-11H3/b14-12+,17-13+,33-18+,37-26+/t32-,34-,35-,36-,38-,40+,41-,42+,43+,44-,47+,48-,49-,50+,53-/m1/s1. The lowest BCUT2D eigenvalue weighted by Gasteiger charge is -2.43. The van der Waals surface area contributed by atoms with Gasteiger partial charge in [0.2, 0.25) is 5.79 Å². The van der Waals surface area contributed by atoms with E-state index in [0.29, 0.717) is 56.9 Å². The molecule has 2 saturated heterocycles. The monoisotopic (exact) mass is 910 g/mol. The molecule has 65 heavy (non-hydrogen) atoms. The number of piperidine rings is 1. The first kappa shape index (κ1) is 54.5. The van der Waals surface area contributed by atoms with Crippen molar-refractivity contribution in [2.24, 2.45) is 41.4 Å². The van der Waals surface area contributed by atoms with Gasteiger partial charge >= 0.3 is 0 Å². The zero-order valence-corrected chi connectivity index (χ0v) is 41.2. The summed E-state index contributed by atoms with van der Waals surface area (Å²) >= 11 is 0. The fourth-order valence-corrected chi connectivity index (χ4v) is 10.7. The Labute approximate surface area is 389 Å². The fraction of sp³-hybridized carbons (Fsp3) is 0.736. The van der Waals surface area contributed by atoms with Crippen molar-refractivity contribution in [2.45, 2.75) is 180 Å². The van der Waals surface area contributed by atoms with Crippen LogP contribution in [0.3, 0.4) is 0 Å². The predicted octanol–water partition coefficient (Wildman–Crippen LogP) is 7.83. The number of fused-ring (bicyclic) bond motifs is 3. The van der Waals surface area contributed by atoms with Crippen molar-refractivity contribution in [1.82, 2.24) is 4.90 Å². The van der Waals surface area contributed by atoms with Crippen LogP contribution in [-0.2, 0) is 38.1 Å². The number of nitrogens with zero attached hydrogens (tertiary/aromatic N) is 1. The summed E-state index contributed by atoms with van der Waals surface area (Å²) < 4.78 is 23.5. The van der Waals surface area contributed by atoms with Crippen molar-refractivity contribution < 1.29 is 53.4 Å². The third-order valence-corrected chi connectivity index (χ3v) is 15.2.